The third-order valence-corrected chi connectivity index (χ3v) is 8.12. The predicted octanol–water partition coefficient (Wildman–Crippen LogP) is 6.43. The fourth-order valence-electron chi connectivity index (χ4n) is 4.04. The van der Waals surface area contributed by atoms with Crippen molar-refractivity contribution in [2.24, 2.45) is 17.8 Å². The predicted molar refractivity (Wildman–Crippen MR) is 118 cm³/mol. The summed E-state index contributed by atoms with van der Waals surface area (Å²) >= 11 is 5.99. The molecule has 0 aliphatic heterocycles. The first-order valence-electron chi connectivity index (χ1n) is 10.2. The van der Waals surface area contributed by atoms with Crippen molar-refractivity contribution in [1.82, 2.24) is 5.09 Å². The molecule has 1 N–H and O–H groups in total. The quantitative estimate of drug-likeness (QED) is 0.526. The molecule has 28 heavy (non-hydrogen) atoms. The second kappa shape index (κ2) is 9.59. The molecule has 0 spiro atoms. The third kappa shape index (κ3) is 5.48. The Morgan fingerprint density at radius 2 is 1.79 bits per heavy atom. The molecule has 0 saturated heterocycles. The van der Waals surface area contributed by atoms with Crippen LogP contribution in [0.15, 0.2) is 54.6 Å². The van der Waals surface area contributed by atoms with Gasteiger partial charge in [-0.1, -0.05) is 69.1 Å². The minimum absolute atomic E-state index is 0.00695. The van der Waals surface area contributed by atoms with E-state index < -0.39 is 7.52 Å². The summed E-state index contributed by atoms with van der Waals surface area (Å²) < 4.78 is 20.5. The lowest BCUT2D eigenvalue weighted by Crippen LogP contribution is -2.36. The van der Waals surface area contributed by atoms with E-state index in [2.05, 4.69) is 25.9 Å². The molecule has 1 aliphatic rings. The van der Waals surface area contributed by atoms with Gasteiger partial charge in [-0.2, -0.15) is 0 Å². The second-order valence-electron chi connectivity index (χ2n) is 8.32. The normalized spacial score (nSPS) is 24.8. The Morgan fingerprint density at radius 3 is 2.43 bits per heavy atom. The topological polar surface area (TPSA) is 38.3 Å². The second-order valence-corrected chi connectivity index (χ2v) is 10.9. The summed E-state index contributed by atoms with van der Waals surface area (Å²) in [6, 6.07) is 17.2. The van der Waals surface area contributed by atoms with E-state index in [9.17, 15) is 4.57 Å². The van der Waals surface area contributed by atoms with Gasteiger partial charge in [0.1, 0.15) is 0 Å². The van der Waals surface area contributed by atoms with Crippen LogP contribution in [0.2, 0.25) is 5.02 Å². The molecule has 0 heterocycles. The average molecular weight is 420 g/mol. The van der Waals surface area contributed by atoms with Crippen molar-refractivity contribution >= 4 is 24.4 Å². The lowest BCUT2D eigenvalue weighted by Gasteiger charge is -2.39. The molecule has 0 aromatic heterocycles. The van der Waals surface area contributed by atoms with Gasteiger partial charge in [0.15, 0.2) is 0 Å². The Morgan fingerprint density at radius 1 is 1.11 bits per heavy atom. The van der Waals surface area contributed by atoms with Gasteiger partial charge >= 0.3 is 0 Å². The van der Waals surface area contributed by atoms with Crippen LogP contribution in [0.25, 0.3) is 0 Å². The molecule has 0 unspecified atom stereocenters. The van der Waals surface area contributed by atoms with Gasteiger partial charge in [0.2, 0.25) is 0 Å². The molecule has 1 fully saturated rings. The van der Waals surface area contributed by atoms with Gasteiger partial charge in [-0.25, -0.2) is 5.09 Å². The van der Waals surface area contributed by atoms with E-state index in [0.717, 1.165) is 23.7 Å². The Balaban J connectivity index is 1.83. The van der Waals surface area contributed by atoms with E-state index in [1.807, 2.05) is 54.6 Å². The van der Waals surface area contributed by atoms with E-state index in [0.29, 0.717) is 29.3 Å². The molecule has 3 rings (SSSR count). The zero-order valence-electron chi connectivity index (χ0n) is 17.0. The number of benzene rings is 2. The third-order valence-electron chi connectivity index (χ3n) is 5.75. The minimum Gasteiger partial charge on any atom is -0.311 e. The molecule has 2 aromatic carbocycles. The van der Waals surface area contributed by atoms with Crippen molar-refractivity contribution < 1.29 is 9.09 Å². The molecule has 1 aliphatic carbocycles. The van der Waals surface area contributed by atoms with Crippen molar-refractivity contribution in [1.29, 1.82) is 0 Å². The molecule has 0 amide bonds. The summed E-state index contributed by atoms with van der Waals surface area (Å²) in [6.45, 7) is 7.22. The maximum absolute atomic E-state index is 14.0. The summed E-state index contributed by atoms with van der Waals surface area (Å²) in [4.78, 5) is 0. The van der Waals surface area contributed by atoms with Crippen LogP contribution in [-0.4, -0.2) is 6.10 Å². The maximum atomic E-state index is 14.0. The van der Waals surface area contributed by atoms with Crippen LogP contribution in [0.5, 0.6) is 0 Å². The number of hydrogen-bond donors (Lipinski definition) is 1. The van der Waals surface area contributed by atoms with E-state index >= 15 is 0 Å². The lowest BCUT2D eigenvalue weighted by molar-refractivity contribution is 0.0483. The molecule has 0 bridgehead atoms. The van der Waals surface area contributed by atoms with Crippen LogP contribution in [0.3, 0.4) is 0 Å². The number of rotatable bonds is 7. The Bertz CT molecular complexity index is 794. The zero-order valence-corrected chi connectivity index (χ0v) is 18.6. The Hall–Kier alpha value is -1.12. The largest absolute Gasteiger partial charge is 0.311 e. The van der Waals surface area contributed by atoms with E-state index in [1.54, 1.807) is 0 Å². The van der Waals surface area contributed by atoms with Gasteiger partial charge in [0.25, 0.3) is 7.52 Å². The highest BCUT2D eigenvalue weighted by Crippen LogP contribution is 2.48. The summed E-state index contributed by atoms with van der Waals surface area (Å²) in [5.74, 6) is 1.55. The van der Waals surface area contributed by atoms with Crippen LogP contribution in [0.1, 0.15) is 45.6 Å². The molecule has 3 nitrogen and oxygen atoms in total. The molecule has 1 saturated carbocycles. The highest BCUT2D eigenvalue weighted by atomic mass is 35.5. The zero-order chi connectivity index (χ0) is 20.1. The van der Waals surface area contributed by atoms with E-state index in [1.165, 1.54) is 6.42 Å². The maximum Gasteiger partial charge on any atom is 0.300 e. The van der Waals surface area contributed by atoms with Crippen molar-refractivity contribution in [2.75, 3.05) is 0 Å². The average Bonchev–Trinajstić information content (AvgIpc) is 2.68. The molecule has 0 radical (unpaired) electrons. The van der Waals surface area contributed by atoms with Crippen molar-refractivity contribution in [3.8, 4) is 0 Å². The smallest absolute Gasteiger partial charge is 0.300 e. The van der Waals surface area contributed by atoms with Gasteiger partial charge in [-0.05, 0) is 60.4 Å². The molecule has 2 aromatic rings. The number of halogens is 1. The van der Waals surface area contributed by atoms with Gasteiger partial charge in [0, 0.05) is 11.6 Å². The van der Waals surface area contributed by atoms with Gasteiger partial charge in [-0.3, -0.25) is 4.57 Å². The summed E-state index contributed by atoms with van der Waals surface area (Å²) in [6.07, 6.45) is 3.32. The molecule has 152 valence electrons. The Kier molecular flexibility index (Phi) is 7.39. The van der Waals surface area contributed by atoms with Gasteiger partial charge in [-0.15, -0.1) is 0 Å². The summed E-state index contributed by atoms with van der Waals surface area (Å²) in [5.41, 5.74) is 1.03. The molecular weight excluding hydrogens is 389 g/mol. The van der Waals surface area contributed by atoms with Crippen LogP contribution in [0, 0.1) is 17.8 Å². The minimum atomic E-state index is -3.20. The van der Waals surface area contributed by atoms with Gasteiger partial charge < -0.3 is 4.52 Å². The van der Waals surface area contributed by atoms with Crippen LogP contribution >= 0.6 is 19.1 Å². The van der Waals surface area contributed by atoms with Crippen LogP contribution in [-0.2, 0) is 15.6 Å². The standard InChI is InChI=1S/C23H31ClNO2P/c1-17(2)22-14-9-18(3)15-23(22)27-28(26,21-7-5-4-6-8-21)25-16-19-10-12-20(24)13-11-19/h4-8,10-13,17-18,22-23H,9,14-16H2,1-3H3,(H,25,26)/t18-,22+,23-,28+/m1/s1. The molecule has 4 atom stereocenters. The highest BCUT2D eigenvalue weighted by Gasteiger charge is 2.37. The van der Waals surface area contributed by atoms with Crippen molar-refractivity contribution in [3.05, 3.63) is 65.2 Å². The number of hydrogen-bond acceptors (Lipinski definition) is 2. The first-order chi connectivity index (χ1) is 13.4. The van der Waals surface area contributed by atoms with Gasteiger partial charge in [0.05, 0.1) is 11.4 Å². The molecule has 5 heteroatoms. The fraction of sp³-hybridized carbons (Fsp3) is 0.478. The highest BCUT2D eigenvalue weighted by molar-refractivity contribution is 7.65. The summed E-state index contributed by atoms with van der Waals surface area (Å²) in [7, 11) is -3.20. The Labute approximate surface area is 174 Å². The van der Waals surface area contributed by atoms with Crippen LogP contribution in [0.4, 0.5) is 0 Å². The van der Waals surface area contributed by atoms with Crippen molar-refractivity contribution in [2.45, 2.75) is 52.7 Å². The van der Waals surface area contributed by atoms with E-state index in [-0.39, 0.29) is 6.10 Å². The number of nitrogens with one attached hydrogen (secondary N) is 1. The van der Waals surface area contributed by atoms with Crippen molar-refractivity contribution in [3.63, 3.8) is 0 Å². The van der Waals surface area contributed by atoms with E-state index in [4.69, 9.17) is 16.1 Å². The monoisotopic (exact) mass is 419 g/mol. The molecular formula is C23H31ClNO2P. The lowest BCUT2D eigenvalue weighted by atomic mass is 9.75. The van der Waals surface area contributed by atoms with Crippen LogP contribution < -0.4 is 10.4 Å². The first kappa shape index (κ1) is 21.6. The summed E-state index contributed by atoms with van der Waals surface area (Å²) in [5, 5.41) is 4.68. The first-order valence-corrected chi connectivity index (χ1v) is 12.2. The fourth-order valence-corrected chi connectivity index (χ4v) is 6.12. The SMILES string of the molecule is CC(C)[C@@H]1CC[C@@H](C)C[C@H]1O[P@](=O)(NCc1ccc(Cl)cc1)c1ccccc1.